The molecule has 2 heterocycles. The Balaban J connectivity index is 1.49. The van der Waals surface area contributed by atoms with Crippen LogP contribution in [0, 0.1) is 5.92 Å². The summed E-state index contributed by atoms with van der Waals surface area (Å²) in [6.07, 6.45) is 3.73. The summed E-state index contributed by atoms with van der Waals surface area (Å²) in [4.78, 5) is 31.4. The van der Waals surface area contributed by atoms with Gasteiger partial charge in [-0.2, -0.15) is 0 Å². The number of likely N-dealkylation sites (N-methyl/N-ethyl adjacent to an activating group) is 1. The SMILES string of the molecule is CNCC1CCCN1C(=O)C1CCN(C(=O)N(C)Cc2ccccc2)CC1. The first-order valence-electron chi connectivity index (χ1n) is 10.1. The molecule has 0 spiro atoms. The van der Waals surface area contributed by atoms with Crippen LogP contribution in [-0.2, 0) is 11.3 Å². The van der Waals surface area contributed by atoms with Crippen molar-refractivity contribution in [2.45, 2.75) is 38.3 Å². The maximum Gasteiger partial charge on any atom is 0.320 e. The number of urea groups is 1. The number of benzene rings is 1. The van der Waals surface area contributed by atoms with Gasteiger partial charge in [-0.05, 0) is 38.3 Å². The van der Waals surface area contributed by atoms with E-state index in [4.69, 9.17) is 0 Å². The lowest BCUT2D eigenvalue weighted by Crippen LogP contribution is -2.49. The van der Waals surface area contributed by atoms with Gasteiger partial charge in [-0.25, -0.2) is 4.79 Å². The molecule has 6 nitrogen and oxygen atoms in total. The Morgan fingerprint density at radius 2 is 1.81 bits per heavy atom. The summed E-state index contributed by atoms with van der Waals surface area (Å²) in [5.74, 6) is 0.350. The molecule has 2 saturated heterocycles. The highest BCUT2D eigenvalue weighted by Gasteiger charge is 2.35. The van der Waals surface area contributed by atoms with Crippen molar-refractivity contribution in [3.05, 3.63) is 35.9 Å². The van der Waals surface area contributed by atoms with E-state index in [0.717, 1.165) is 44.3 Å². The molecule has 6 heteroatoms. The number of amides is 3. The van der Waals surface area contributed by atoms with Crippen molar-refractivity contribution in [2.24, 2.45) is 5.92 Å². The van der Waals surface area contributed by atoms with E-state index in [1.165, 1.54) is 0 Å². The zero-order valence-electron chi connectivity index (χ0n) is 16.6. The van der Waals surface area contributed by atoms with E-state index in [9.17, 15) is 9.59 Å². The van der Waals surface area contributed by atoms with Crippen LogP contribution < -0.4 is 5.32 Å². The minimum Gasteiger partial charge on any atom is -0.338 e. The Morgan fingerprint density at radius 1 is 1.11 bits per heavy atom. The molecule has 0 aromatic heterocycles. The molecule has 1 aromatic carbocycles. The Labute approximate surface area is 162 Å². The predicted molar refractivity (Wildman–Crippen MR) is 106 cm³/mol. The van der Waals surface area contributed by atoms with Crippen LogP contribution in [-0.4, -0.2) is 73.0 Å². The maximum atomic E-state index is 12.9. The second kappa shape index (κ2) is 9.22. The van der Waals surface area contributed by atoms with E-state index in [1.54, 1.807) is 4.90 Å². The summed E-state index contributed by atoms with van der Waals surface area (Å²) in [7, 11) is 3.79. The molecular weight excluding hydrogens is 340 g/mol. The standard InChI is InChI=1S/C21H32N4O2/c1-22-15-19-9-6-12-25(19)20(26)18-10-13-24(14-11-18)21(27)23(2)16-17-7-4-3-5-8-17/h3-5,7-8,18-19,22H,6,9-16H2,1-2H3. The first-order chi connectivity index (χ1) is 13.1. The third-order valence-electron chi connectivity index (χ3n) is 5.80. The number of nitrogens with zero attached hydrogens (tertiary/aromatic N) is 3. The molecule has 2 aliphatic rings. The summed E-state index contributed by atoms with van der Waals surface area (Å²) < 4.78 is 0. The molecule has 0 saturated carbocycles. The molecule has 0 bridgehead atoms. The molecule has 1 unspecified atom stereocenters. The molecule has 3 amide bonds. The van der Waals surface area contributed by atoms with Gasteiger partial charge in [-0.1, -0.05) is 30.3 Å². The Kier molecular flexibility index (Phi) is 6.72. The highest BCUT2D eigenvalue weighted by Crippen LogP contribution is 2.25. The van der Waals surface area contributed by atoms with E-state index in [-0.39, 0.29) is 17.9 Å². The van der Waals surface area contributed by atoms with Crippen molar-refractivity contribution in [1.29, 1.82) is 0 Å². The highest BCUT2D eigenvalue weighted by atomic mass is 16.2. The quantitative estimate of drug-likeness (QED) is 0.862. The molecule has 0 aliphatic carbocycles. The Morgan fingerprint density at radius 3 is 2.48 bits per heavy atom. The van der Waals surface area contributed by atoms with Gasteiger partial charge in [0.05, 0.1) is 0 Å². The molecular formula is C21H32N4O2. The summed E-state index contributed by atoms with van der Waals surface area (Å²) in [5, 5.41) is 3.20. The smallest absolute Gasteiger partial charge is 0.320 e. The summed E-state index contributed by atoms with van der Waals surface area (Å²) in [5.41, 5.74) is 1.13. The van der Waals surface area contributed by atoms with Crippen molar-refractivity contribution in [3.63, 3.8) is 0 Å². The van der Waals surface area contributed by atoms with Crippen LogP contribution in [0.15, 0.2) is 30.3 Å². The van der Waals surface area contributed by atoms with E-state index in [0.29, 0.717) is 25.7 Å². The molecule has 2 fully saturated rings. The fourth-order valence-electron chi connectivity index (χ4n) is 4.29. The van der Waals surface area contributed by atoms with Gasteiger partial charge >= 0.3 is 6.03 Å². The second-order valence-electron chi connectivity index (χ2n) is 7.77. The van der Waals surface area contributed by atoms with Gasteiger partial charge in [-0.3, -0.25) is 4.79 Å². The molecule has 1 N–H and O–H groups in total. The number of carbonyl (C=O) groups excluding carboxylic acids is 2. The summed E-state index contributed by atoms with van der Waals surface area (Å²) in [6.45, 7) is 3.69. The summed E-state index contributed by atoms with van der Waals surface area (Å²) >= 11 is 0. The average molecular weight is 373 g/mol. The molecule has 0 radical (unpaired) electrons. The lowest BCUT2D eigenvalue weighted by Gasteiger charge is -2.36. The molecule has 1 atom stereocenters. The highest BCUT2D eigenvalue weighted by molar-refractivity contribution is 5.80. The van der Waals surface area contributed by atoms with E-state index >= 15 is 0 Å². The molecule has 148 valence electrons. The minimum absolute atomic E-state index is 0.0546. The van der Waals surface area contributed by atoms with Gasteiger partial charge in [0.15, 0.2) is 0 Å². The number of carbonyl (C=O) groups is 2. The lowest BCUT2D eigenvalue weighted by molar-refractivity contribution is -0.137. The minimum atomic E-state index is 0.0546. The van der Waals surface area contributed by atoms with Crippen molar-refractivity contribution in [3.8, 4) is 0 Å². The Hall–Kier alpha value is -2.08. The Bertz CT molecular complexity index is 628. The number of nitrogens with one attached hydrogen (secondary N) is 1. The third kappa shape index (κ3) is 4.80. The largest absolute Gasteiger partial charge is 0.338 e. The zero-order chi connectivity index (χ0) is 19.2. The number of hydrogen-bond acceptors (Lipinski definition) is 3. The van der Waals surface area contributed by atoms with Gasteiger partial charge in [0.1, 0.15) is 0 Å². The van der Waals surface area contributed by atoms with Gasteiger partial charge in [-0.15, -0.1) is 0 Å². The number of rotatable bonds is 5. The maximum absolute atomic E-state index is 12.9. The van der Waals surface area contributed by atoms with Crippen LogP contribution in [0.1, 0.15) is 31.2 Å². The van der Waals surface area contributed by atoms with Crippen molar-refractivity contribution >= 4 is 11.9 Å². The monoisotopic (exact) mass is 372 g/mol. The number of likely N-dealkylation sites (tertiary alicyclic amines) is 2. The van der Waals surface area contributed by atoms with E-state index in [2.05, 4.69) is 10.2 Å². The molecule has 27 heavy (non-hydrogen) atoms. The van der Waals surface area contributed by atoms with Crippen molar-refractivity contribution in [2.75, 3.05) is 40.3 Å². The van der Waals surface area contributed by atoms with Crippen molar-refractivity contribution in [1.82, 2.24) is 20.0 Å². The third-order valence-corrected chi connectivity index (χ3v) is 5.80. The van der Waals surface area contributed by atoms with Crippen LogP contribution in [0.3, 0.4) is 0 Å². The average Bonchev–Trinajstić information content (AvgIpc) is 3.16. The number of piperidine rings is 1. The normalized spacial score (nSPS) is 20.7. The lowest BCUT2D eigenvalue weighted by atomic mass is 9.95. The van der Waals surface area contributed by atoms with E-state index < -0.39 is 0 Å². The fourth-order valence-corrected chi connectivity index (χ4v) is 4.29. The van der Waals surface area contributed by atoms with Crippen LogP contribution in [0.25, 0.3) is 0 Å². The van der Waals surface area contributed by atoms with Crippen molar-refractivity contribution < 1.29 is 9.59 Å². The van der Waals surface area contributed by atoms with Crippen LogP contribution in [0.2, 0.25) is 0 Å². The van der Waals surface area contributed by atoms with Crippen LogP contribution in [0.5, 0.6) is 0 Å². The van der Waals surface area contributed by atoms with E-state index in [1.807, 2.05) is 49.3 Å². The molecule has 1 aromatic rings. The fraction of sp³-hybridized carbons (Fsp3) is 0.619. The first-order valence-corrected chi connectivity index (χ1v) is 10.1. The van der Waals surface area contributed by atoms with Gasteiger partial charge < -0.3 is 20.0 Å². The number of hydrogen-bond donors (Lipinski definition) is 1. The zero-order valence-corrected chi connectivity index (χ0v) is 16.6. The predicted octanol–water partition coefficient (Wildman–Crippen LogP) is 2.16. The molecule has 2 aliphatic heterocycles. The first kappa shape index (κ1) is 19.7. The van der Waals surface area contributed by atoms with Gasteiger partial charge in [0.2, 0.25) is 5.91 Å². The van der Waals surface area contributed by atoms with Crippen LogP contribution in [0.4, 0.5) is 4.79 Å². The topological polar surface area (TPSA) is 55.9 Å². The molecule has 3 rings (SSSR count). The van der Waals surface area contributed by atoms with Gasteiger partial charge in [0, 0.05) is 51.7 Å². The van der Waals surface area contributed by atoms with Crippen LogP contribution >= 0.6 is 0 Å². The second-order valence-corrected chi connectivity index (χ2v) is 7.77. The summed E-state index contributed by atoms with van der Waals surface area (Å²) in [6, 6.07) is 10.4. The van der Waals surface area contributed by atoms with Gasteiger partial charge in [0.25, 0.3) is 0 Å².